The monoisotopic (exact) mass is 1120 g/mol. The lowest BCUT2D eigenvalue weighted by molar-refractivity contribution is -0.167. The van der Waals surface area contributed by atoms with E-state index in [9.17, 15) is 14.4 Å². The summed E-state index contributed by atoms with van der Waals surface area (Å²) < 4.78 is 17.0. The zero-order valence-corrected chi connectivity index (χ0v) is 53.6. The zero-order chi connectivity index (χ0) is 57.8. The highest BCUT2D eigenvalue weighted by Gasteiger charge is 2.19. The largest absolute Gasteiger partial charge is 0.462 e. The van der Waals surface area contributed by atoms with Crippen LogP contribution < -0.4 is 0 Å². The average Bonchev–Trinajstić information content (AvgIpc) is 3.46. The van der Waals surface area contributed by atoms with E-state index in [1.54, 1.807) is 0 Å². The fourth-order valence-corrected chi connectivity index (χ4v) is 10.5. The molecule has 0 rings (SSSR count). The Labute approximate surface area is 498 Å². The minimum absolute atomic E-state index is 0.0684. The first-order chi connectivity index (χ1) is 39.5. The van der Waals surface area contributed by atoms with Crippen molar-refractivity contribution in [3.63, 3.8) is 0 Å². The van der Waals surface area contributed by atoms with Gasteiger partial charge in [0.25, 0.3) is 0 Å². The molecular weight excluding hydrogens is 985 g/mol. The minimum atomic E-state index is -0.773. The molecule has 0 aromatic heterocycles. The number of carbonyl (C=O) groups excluding carboxylic acids is 3. The maximum atomic E-state index is 13.0. The number of ether oxygens (including phenoxy) is 3. The van der Waals surface area contributed by atoms with Crippen LogP contribution in [-0.4, -0.2) is 37.2 Å². The van der Waals surface area contributed by atoms with E-state index in [-0.39, 0.29) is 31.1 Å². The Bertz CT molecular complexity index is 1430. The predicted molar refractivity (Wildman–Crippen MR) is 348 cm³/mol. The van der Waals surface area contributed by atoms with Crippen LogP contribution in [0.15, 0.2) is 60.8 Å². The van der Waals surface area contributed by atoms with Gasteiger partial charge in [-0.1, -0.05) is 351 Å². The van der Waals surface area contributed by atoms with Crippen LogP contribution in [-0.2, 0) is 28.6 Å². The molecule has 0 amide bonds. The Morgan fingerprint density at radius 2 is 0.487 bits per heavy atom. The van der Waals surface area contributed by atoms with Gasteiger partial charge in [-0.25, -0.2) is 0 Å². The summed E-state index contributed by atoms with van der Waals surface area (Å²) in [5.41, 5.74) is 0. The average molecular weight is 1120 g/mol. The lowest BCUT2D eigenvalue weighted by Crippen LogP contribution is -2.30. The molecule has 0 aliphatic heterocycles. The van der Waals surface area contributed by atoms with Crippen molar-refractivity contribution < 1.29 is 28.6 Å². The van der Waals surface area contributed by atoms with Gasteiger partial charge in [-0.05, 0) is 64.2 Å². The third-order valence-corrected chi connectivity index (χ3v) is 15.8. The Morgan fingerprint density at radius 3 is 0.762 bits per heavy atom. The summed E-state index contributed by atoms with van der Waals surface area (Å²) in [5, 5.41) is 0. The Hall–Kier alpha value is -2.89. The van der Waals surface area contributed by atoms with Crippen molar-refractivity contribution in [2.24, 2.45) is 0 Å². The van der Waals surface area contributed by atoms with Crippen LogP contribution in [0.3, 0.4) is 0 Å². The summed E-state index contributed by atoms with van der Waals surface area (Å²) in [6, 6.07) is 0. The summed E-state index contributed by atoms with van der Waals surface area (Å²) in [6.07, 6.45) is 88.1. The number of esters is 3. The van der Waals surface area contributed by atoms with Gasteiger partial charge >= 0.3 is 17.9 Å². The summed E-state index contributed by atoms with van der Waals surface area (Å²) >= 11 is 0. The van der Waals surface area contributed by atoms with Gasteiger partial charge in [0.1, 0.15) is 13.2 Å². The molecule has 0 fully saturated rings. The quantitative estimate of drug-likeness (QED) is 0.0261. The van der Waals surface area contributed by atoms with Crippen LogP contribution in [0, 0.1) is 0 Å². The van der Waals surface area contributed by atoms with Crippen molar-refractivity contribution in [2.75, 3.05) is 13.2 Å². The van der Waals surface area contributed by atoms with Crippen molar-refractivity contribution in [2.45, 2.75) is 380 Å². The summed E-state index contributed by atoms with van der Waals surface area (Å²) in [7, 11) is 0. The lowest BCUT2D eigenvalue weighted by atomic mass is 10.0. The van der Waals surface area contributed by atoms with E-state index >= 15 is 0 Å². The molecule has 0 radical (unpaired) electrons. The van der Waals surface area contributed by atoms with Gasteiger partial charge in [0, 0.05) is 19.3 Å². The maximum Gasteiger partial charge on any atom is 0.306 e. The molecule has 0 spiro atoms. The van der Waals surface area contributed by atoms with Gasteiger partial charge in [-0.2, -0.15) is 0 Å². The number of hydrogen-bond donors (Lipinski definition) is 0. The van der Waals surface area contributed by atoms with Crippen LogP contribution in [0.25, 0.3) is 0 Å². The molecule has 0 bridgehead atoms. The normalized spacial score (nSPS) is 12.4. The smallest absolute Gasteiger partial charge is 0.306 e. The lowest BCUT2D eigenvalue weighted by Gasteiger charge is -2.18. The number of hydrogen-bond acceptors (Lipinski definition) is 6. The topological polar surface area (TPSA) is 78.9 Å². The first-order valence-electron chi connectivity index (χ1n) is 35.3. The number of carbonyl (C=O) groups is 3. The molecule has 0 aromatic carbocycles. The molecule has 6 heteroatoms. The summed E-state index contributed by atoms with van der Waals surface area (Å²) in [4.78, 5) is 38.5. The zero-order valence-electron chi connectivity index (χ0n) is 53.6. The molecule has 0 aromatic rings. The molecule has 0 saturated heterocycles. The third-order valence-electron chi connectivity index (χ3n) is 15.8. The van der Waals surface area contributed by atoms with Gasteiger partial charge in [-0.3, -0.25) is 14.4 Å². The van der Waals surface area contributed by atoms with Crippen molar-refractivity contribution in [3.05, 3.63) is 60.8 Å². The third kappa shape index (κ3) is 65.9. The van der Waals surface area contributed by atoms with E-state index in [4.69, 9.17) is 14.2 Å². The highest BCUT2D eigenvalue weighted by atomic mass is 16.6. The highest BCUT2D eigenvalue weighted by molar-refractivity contribution is 5.71. The molecule has 0 heterocycles. The first kappa shape index (κ1) is 77.1. The fraction of sp³-hybridized carbons (Fsp3) is 0.824. The van der Waals surface area contributed by atoms with Crippen LogP contribution in [0.4, 0.5) is 0 Å². The fourth-order valence-electron chi connectivity index (χ4n) is 10.5. The second-order valence-corrected chi connectivity index (χ2v) is 23.8. The van der Waals surface area contributed by atoms with E-state index < -0.39 is 6.10 Å². The number of unbranched alkanes of at least 4 members (excludes halogenated alkanes) is 44. The molecule has 0 aliphatic carbocycles. The predicted octanol–water partition coefficient (Wildman–Crippen LogP) is 24.3. The van der Waals surface area contributed by atoms with Crippen molar-refractivity contribution in [1.29, 1.82) is 0 Å². The Kier molecular flexibility index (Phi) is 66.1. The van der Waals surface area contributed by atoms with Gasteiger partial charge in [0.2, 0.25) is 0 Å². The highest BCUT2D eigenvalue weighted by Crippen LogP contribution is 2.18. The molecule has 0 aliphatic rings. The maximum absolute atomic E-state index is 13.0. The van der Waals surface area contributed by atoms with Crippen molar-refractivity contribution >= 4 is 17.9 Å². The van der Waals surface area contributed by atoms with E-state index in [2.05, 4.69) is 81.5 Å². The molecular formula is C74H134O6. The molecule has 0 N–H and O–H groups in total. The number of rotatable bonds is 65. The van der Waals surface area contributed by atoms with E-state index in [1.165, 1.54) is 244 Å². The molecule has 466 valence electrons. The summed E-state index contributed by atoms with van der Waals surface area (Å²) in [6.45, 7) is 6.60. The second-order valence-electron chi connectivity index (χ2n) is 23.8. The SMILES string of the molecule is CC/C=C\C/C=C\C/C=C\C/C=C\C/C=C\CCCCCCCCCCCCCC(=O)OCC(COC(=O)CCCCCCCCCCCCCCCCCC)OC(=O)CCCCCCCCCCCCCCCCCCCCC. The van der Waals surface area contributed by atoms with Gasteiger partial charge < -0.3 is 14.2 Å². The Balaban J connectivity index is 4.29. The molecule has 1 atom stereocenters. The van der Waals surface area contributed by atoms with E-state index in [0.717, 1.165) is 89.9 Å². The van der Waals surface area contributed by atoms with Gasteiger partial charge in [0.15, 0.2) is 6.10 Å². The minimum Gasteiger partial charge on any atom is -0.462 e. The molecule has 6 nitrogen and oxygen atoms in total. The second kappa shape index (κ2) is 68.6. The Morgan fingerprint density at radius 1 is 0.263 bits per heavy atom. The van der Waals surface area contributed by atoms with Gasteiger partial charge in [0.05, 0.1) is 0 Å². The molecule has 1 unspecified atom stereocenters. The van der Waals surface area contributed by atoms with Gasteiger partial charge in [-0.15, -0.1) is 0 Å². The summed E-state index contributed by atoms with van der Waals surface area (Å²) in [5.74, 6) is -0.843. The first-order valence-corrected chi connectivity index (χ1v) is 35.3. The van der Waals surface area contributed by atoms with E-state index in [0.29, 0.717) is 19.3 Å². The standard InChI is InChI=1S/C74H134O6/c1-4-7-10-13-16-19-22-25-28-31-33-34-35-36-37-38-39-40-42-43-46-49-52-55-58-61-64-67-73(76)79-70-71(69-78-72(75)66-63-60-57-54-51-48-45-30-27-24-21-18-15-12-9-6-3)80-74(77)68-65-62-59-56-53-50-47-44-41-32-29-26-23-20-17-14-11-8-5-2/h7,10,16,19,25,28,33-34,36-37,71H,4-6,8-9,11-15,17-18,20-24,26-27,29-32,35,38-70H2,1-3H3/b10-7-,19-16-,28-25-,34-33-,37-36-. The number of allylic oxidation sites excluding steroid dienone is 10. The van der Waals surface area contributed by atoms with Crippen molar-refractivity contribution in [1.82, 2.24) is 0 Å². The van der Waals surface area contributed by atoms with Crippen LogP contribution in [0.2, 0.25) is 0 Å². The molecule has 0 saturated carbocycles. The molecule has 80 heavy (non-hydrogen) atoms. The van der Waals surface area contributed by atoms with Crippen LogP contribution in [0.1, 0.15) is 374 Å². The van der Waals surface area contributed by atoms with Crippen LogP contribution in [0.5, 0.6) is 0 Å². The van der Waals surface area contributed by atoms with Crippen LogP contribution >= 0.6 is 0 Å². The van der Waals surface area contributed by atoms with E-state index in [1.807, 2.05) is 0 Å². The van der Waals surface area contributed by atoms with Crippen molar-refractivity contribution in [3.8, 4) is 0 Å².